The fraction of sp³-hybridized carbons (Fsp3) is 0.167. The fourth-order valence-corrected chi connectivity index (χ4v) is 4.17. The zero-order valence-corrected chi connectivity index (χ0v) is 15.4. The van der Waals surface area contributed by atoms with E-state index >= 15 is 0 Å². The molecule has 7 heteroatoms. The van der Waals surface area contributed by atoms with Gasteiger partial charge in [0.15, 0.2) is 10.1 Å². The Morgan fingerprint density at radius 1 is 1.16 bits per heavy atom. The number of methoxy groups -OCH3 is 1. The van der Waals surface area contributed by atoms with Crippen molar-refractivity contribution in [2.45, 2.75) is 16.5 Å². The normalized spacial score (nSPS) is 11.8. The summed E-state index contributed by atoms with van der Waals surface area (Å²) >= 11 is 2.83. The zero-order valence-electron chi connectivity index (χ0n) is 13.8. The van der Waals surface area contributed by atoms with Crippen molar-refractivity contribution in [1.29, 1.82) is 0 Å². The van der Waals surface area contributed by atoms with Gasteiger partial charge in [-0.15, -0.1) is 10.2 Å². The summed E-state index contributed by atoms with van der Waals surface area (Å²) < 4.78 is 5.96. The van der Waals surface area contributed by atoms with Crippen LogP contribution < -0.4 is 10.1 Å². The molecule has 1 unspecified atom stereocenters. The van der Waals surface area contributed by atoms with Crippen LogP contribution in [-0.2, 0) is 0 Å². The van der Waals surface area contributed by atoms with Gasteiger partial charge in [-0.25, -0.2) is 0 Å². The van der Waals surface area contributed by atoms with E-state index in [9.17, 15) is 4.79 Å². The molecule has 1 atom stereocenters. The molecular formula is C18H17N3O2S2. The first kappa shape index (κ1) is 17.4. The smallest absolute Gasteiger partial charge is 0.210 e. The molecule has 25 heavy (non-hydrogen) atoms. The Bertz CT molecular complexity index is 852. The van der Waals surface area contributed by atoms with E-state index in [1.54, 1.807) is 7.11 Å². The van der Waals surface area contributed by atoms with Gasteiger partial charge in [0, 0.05) is 17.3 Å². The highest BCUT2D eigenvalue weighted by atomic mass is 32.2. The topological polar surface area (TPSA) is 64.1 Å². The van der Waals surface area contributed by atoms with E-state index in [2.05, 4.69) is 15.5 Å². The third kappa shape index (κ3) is 4.58. The Labute approximate surface area is 154 Å². The number of hydrogen-bond acceptors (Lipinski definition) is 7. The average Bonchev–Trinajstić information content (AvgIpc) is 3.08. The van der Waals surface area contributed by atoms with Crippen LogP contribution in [0.2, 0.25) is 0 Å². The predicted octanol–water partition coefficient (Wildman–Crippen LogP) is 4.65. The Morgan fingerprint density at radius 2 is 1.96 bits per heavy atom. The van der Waals surface area contributed by atoms with E-state index in [1.165, 1.54) is 23.1 Å². The summed E-state index contributed by atoms with van der Waals surface area (Å²) in [6.07, 6.45) is 0. The maximum Gasteiger partial charge on any atom is 0.210 e. The molecule has 0 aliphatic carbocycles. The lowest BCUT2D eigenvalue weighted by Crippen LogP contribution is -2.13. The lowest BCUT2D eigenvalue weighted by molar-refractivity contribution is 0.0994. The summed E-state index contributed by atoms with van der Waals surface area (Å²) in [5.74, 6) is 0.856. The standard InChI is InChI=1S/C18H17N3O2S2/c1-12(16(22)13-7-4-3-5-8-13)24-18-21-20-17(25-18)19-14-9-6-10-15(11-14)23-2/h3-12H,1-2H3,(H,19,20). The lowest BCUT2D eigenvalue weighted by Gasteiger charge is -2.07. The van der Waals surface area contributed by atoms with Gasteiger partial charge >= 0.3 is 0 Å². The molecule has 1 aromatic heterocycles. The van der Waals surface area contributed by atoms with Gasteiger partial charge in [-0.2, -0.15) is 0 Å². The summed E-state index contributed by atoms with van der Waals surface area (Å²) in [6.45, 7) is 1.89. The van der Waals surface area contributed by atoms with Crippen molar-refractivity contribution in [2.75, 3.05) is 12.4 Å². The lowest BCUT2D eigenvalue weighted by atomic mass is 10.1. The molecule has 0 aliphatic rings. The van der Waals surface area contributed by atoms with Gasteiger partial charge in [0.05, 0.1) is 12.4 Å². The highest BCUT2D eigenvalue weighted by Gasteiger charge is 2.18. The molecule has 5 nitrogen and oxygen atoms in total. The van der Waals surface area contributed by atoms with Crippen molar-refractivity contribution < 1.29 is 9.53 Å². The molecule has 0 amide bonds. The summed E-state index contributed by atoms with van der Waals surface area (Å²) in [5.41, 5.74) is 1.59. The highest BCUT2D eigenvalue weighted by molar-refractivity contribution is 8.02. The van der Waals surface area contributed by atoms with Crippen molar-refractivity contribution in [3.8, 4) is 5.75 Å². The average molecular weight is 371 g/mol. The Balaban J connectivity index is 1.64. The first-order valence-corrected chi connectivity index (χ1v) is 9.36. The molecule has 2 aromatic carbocycles. The highest BCUT2D eigenvalue weighted by Crippen LogP contribution is 2.32. The summed E-state index contributed by atoms with van der Waals surface area (Å²) in [5, 5.41) is 11.9. The molecule has 3 rings (SSSR count). The molecule has 0 aliphatic heterocycles. The second-order valence-corrected chi connectivity index (χ2v) is 7.79. The maximum absolute atomic E-state index is 12.4. The number of ether oxygens (including phenoxy) is 1. The Morgan fingerprint density at radius 3 is 2.72 bits per heavy atom. The van der Waals surface area contributed by atoms with Crippen molar-refractivity contribution in [3.05, 3.63) is 60.2 Å². The summed E-state index contributed by atoms with van der Waals surface area (Å²) in [7, 11) is 1.63. The molecule has 3 aromatic rings. The van der Waals surface area contributed by atoms with Crippen LogP contribution >= 0.6 is 23.1 Å². The third-order valence-corrected chi connectivity index (χ3v) is 5.46. The van der Waals surface area contributed by atoms with Crippen LogP contribution in [0.5, 0.6) is 5.75 Å². The molecule has 128 valence electrons. The maximum atomic E-state index is 12.4. The molecule has 1 N–H and O–H groups in total. The quantitative estimate of drug-likeness (QED) is 0.482. The van der Waals surface area contributed by atoms with Crippen molar-refractivity contribution in [1.82, 2.24) is 10.2 Å². The van der Waals surface area contributed by atoms with Gasteiger partial charge in [0.25, 0.3) is 0 Å². The number of carbonyl (C=O) groups is 1. The molecular weight excluding hydrogens is 354 g/mol. The minimum absolute atomic E-state index is 0.0862. The van der Waals surface area contributed by atoms with Crippen molar-refractivity contribution >= 4 is 39.7 Å². The number of aromatic nitrogens is 2. The summed E-state index contributed by atoms with van der Waals surface area (Å²) in [6, 6.07) is 16.9. The van der Waals surface area contributed by atoms with E-state index < -0.39 is 0 Å². The number of ketones is 1. The molecule has 0 saturated heterocycles. The van der Waals surface area contributed by atoms with Crippen LogP contribution in [0.4, 0.5) is 10.8 Å². The summed E-state index contributed by atoms with van der Waals surface area (Å²) in [4.78, 5) is 12.4. The number of hydrogen-bond donors (Lipinski definition) is 1. The van der Waals surface area contributed by atoms with Crippen LogP contribution in [0.15, 0.2) is 58.9 Å². The Kier molecular flexibility index (Phi) is 5.67. The number of Topliss-reactive ketones (excluding diaryl/α,β-unsaturated/α-hetero) is 1. The van der Waals surface area contributed by atoms with Crippen LogP contribution in [0.3, 0.4) is 0 Å². The Hall–Kier alpha value is -2.38. The van der Waals surface area contributed by atoms with E-state index in [0.717, 1.165) is 15.8 Å². The van der Waals surface area contributed by atoms with Crippen molar-refractivity contribution in [2.24, 2.45) is 0 Å². The van der Waals surface area contributed by atoms with Gasteiger partial charge in [0.1, 0.15) is 5.75 Å². The fourth-order valence-electron chi connectivity index (χ4n) is 2.17. The molecule has 0 saturated carbocycles. The minimum Gasteiger partial charge on any atom is -0.497 e. The van der Waals surface area contributed by atoms with Gasteiger partial charge in [-0.3, -0.25) is 4.79 Å². The second kappa shape index (κ2) is 8.13. The monoisotopic (exact) mass is 371 g/mol. The molecule has 1 heterocycles. The van der Waals surface area contributed by atoms with Gasteiger partial charge in [-0.1, -0.05) is 59.5 Å². The zero-order chi connectivity index (χ0) is 17.6. The second-order valence-electron chi connectivity index (χ2n) is 5.22. The SMILES string of the molecule is COc1cccc(Nc2nnc(SC(C)C(=O)c3ccccc3)s2)c1. The molecule has 0 fully saturated rings. The van der Waals surface area contributed by atoms with Crippen molar-refractivity contribution in [3.63, 3.8) is 0 Å². The van der Waals surface area contributed by atoms with E-state index in [0.29, 0.717) is 10.7 Å². The predicted molar refractivity (Wildman–Crippen MR) is 102 cm³/mol. The van der Waals surface area contributed by atoms with E-state index in [4.69, 9.17) is 4.74 Å². The minimum atomic E-state index is -0.222. The van der Waals surface area contributed by atoms with Crippen LogP contribution in [0, 0.1) is 0 Å². The van der Waals surface area contributed by atoms with Crippen LogP contribution in [-0.4, -0.2) is 28.3 Å². The first-order valence-electron chi connectivity index (χ1n) is 7.66. The number of nitrogens with one attached hydrogen (secondary N) is 1. The van der Waals surface area contributed by atoms with E-state index in [-0.39, 0.29) is 11.0 Å². The molecule has 0 bridgehead atoms. The number of nitrogens with zero attached hydrogens (tertiary/aromatic N) is 2. The van der Waals surface area contributed by atoms with Gasteiger partial charge in [0.2, 0.25) is 5.13 Å². The van der Waals surface area contributed by atoms with Crippen LogP contribution in [0.1, 0.15) is 17.3 Å². The number of benzene rings is 2. The van der Waals surface area contributed by atoms with Gasteiger partial charge < -0.3 is 10.1 Å². The number of thioether (sulfide) groups is 1. The van der Waals surface area contributed by atoms with Gasteiger partial charge in [-0.05, 0) is 19.1 Å². The van der Waals surface area contributed by atoms with Crippen LogP contribution in [0.25, 0.3) is 0 Å². The number of anilines is 2. The number of carbonyl (C=O) groups excluding carboxylic acids is 1. The molecule has 0 spiro atoms. The largest absolute Gasteiger partial charge is 0.497 e. The number of rotatable bonds is 7. The first-order chi connectivity index (χ1) is 12.2. The molecule has 0 radical (unpaired) electrons. The van der Waals surface area contributed by atoms with E-state index in [1.807, 2.05) is 61.5 Å². The third-order valence-electron chi connectivity index (χ3n) is 3.43.